The molecule has 3 aromatic rings. The topological polar surface area (TPSA) is 126 Å². The van der Waals surface area contributed by atoms with Gasteiger partial charge in [-0.3, -0.25) is 4.57 Å². The predicted octanol–water partition coefficient (Wildman–Crippen LogP) is 0.871. The highest BCUT2D eigenvalue weighted by molar-refractivity contribution is 5.82. The molecular weight excluding hydrogens is 374 g/mol. The third-order valence-electron chi connectivity index (χ3n) is 5.24. The summed E-state index contributed by atoms with van der Waals surface area (Å²) in [6.07, 6.45) is 0.676. The second-order valence-corrected chi connectivity index (χ2v) is 7.34. The Kier molecular flexibility index (Phi) is 5.72. The Labute approximate surface area is 168 Å². The minimum atomic E-state index is -1.19. The van der Waals surface area contributed by atoms with Crippen molar-refractivity contribution < 1.29 is 20.1 Å². The summed E-state index contributed by atoms with van der Waals surface area (Å²) in [7, 11) is 0. The fourth-order valence-electron chi connectivity index (χ4n) is 3.59. The van der Waals surface area contributed by atoms with Crippen molar-refractivity contribution in [2.75, 3.05) is 11.9 Å². The fourth-order valence-corrected chi connectivity index (χ4v) is 3.59. The number of fused-ring (bicyclic) bond motifs is 1. The molecule has 9 nitrogen and oxygen atoms in total. The van der Waals surface area contributed by atoms with Crippen molar-refractivity contribution in [3.05, 3.63) is 48.5 Å². The van der Waals surface area contributed by atoms with Gasteiger partial charge in [0.05, 0.1) is 12.9 Å². The molecule has 154 valence electrons. The summed E-state index contributed by atoms with van der Waals surface area (Å²) >= 11 is 0. The van der Waals surface area contributed by atoms with E-state index in [1.807, 2.05) is 18.2 Å². The number of nitrogens with one attached hydrogen (secondary N) is 1. The highest BCUT2D eigenvalue weighted by atomic mass is 16.6. The van der Waals surface area contributed by atoms with Gasteiger partial charge in [0.25, 0.3) is 0 Å². The molecule has 4 N–H and O–H groups in total. The SMILES string of the molecule is C[C@H](CCc1ccccc1)Nc1ncnc2c1ncn2[C@@H]1O[C@H](CO)[C@@H](O)[C@H]1O. The first-order chi connectivity index (χ1) is 14.1. The first kappa shape index (κ1) is 19.7. The maximum Gasteiger partial charge on any atom is 0.167 e. The molecule has 1 aliphatic rings. The van der Waals surface area contributed by atoms with E-state index in [0.29, 0.717) is 17.0 Å². The van der Waals surface area contributed by atoms with Crippen molar-refractivity contribution in [2.24, 2.45) is 0 Å². The van der Waals surface area contributed by atoms with Crippen LogP contribution in [0.1, 0.15) is 25.1 Å². The standard InChI is InChI=1S/C20H25N5O4/c1-12(7-8-13-5-3-2-4-6-13)24-18-15-19(22-10-21-18)25(11-23-15)20-17(28)16(27)14(9-26)29-20/h2-6,10-12,14,16-17,20,26-28H,7-9H2,1H3,(H,21,22,24)/t12-,14-,16-,17-,20-/m1/s1. The third-order valence-corrected chi connectivity index (χ3v) is 5.24. The van der Waals surface area contributed by atoms with E-state index in [1.54, 1.807) is 4.57 Å². The predicted molar refractivity (Wildman–Crippen MR) is 106 cm³/mol. The summed E-state index contributed by atoms with van der Waals surface area (Å²) in [5, 5.41) is 33.0. The van der Waals surface area contributed by atoms with E-state index in [4.69, 9.17) is 4.74 Å². The van der Waals surface area contributed by atoms with Crippen LogP contribution in [0.5, 0.6) is 0 Å². The Bertz CT molecular complexity index is 950. The lowest BCUT2D eigenvalue weighted by Crippen LogP contribution is -2.33. The zero-order chi connectivity index (χ0) is 20.4. The van der Waals surface area contributed by atoms with Gasteiger partial charge >= 0.3 is 0 Å². The van der Waals surface area contributed by atoms with Crippen LogP contribution in [0.25, 0.3) is 11.2 Å². The van der Waals surface area contributed by atoms with E-state index < -0.39 is 24.5 Å². The van der Waals surface area contributed by atoms with Crippen LogP contribution in [0.2, 0.25) is 0 Å². The molecule has 1 fully saturated rings. The van der Waals surface area contributed by atoms with Gasteiger partial charge in [0, 0.05) is 6.04 Å². The Balaban J connectivity index is 1.50. The number of aliphatic hydroxyl groups is 3. The van der Waals surface area contributed by atoms with Gasteiger partial charge in [0.15, 0.2) is 23.2 Å². The van der Waals surface area contributed by atoms with Crippen LogP contribution >= 0.6 is 0 Å². The van der Waals surface area contributed by atoms with Crippen LogP contribution in [0, 0.1) is 0 Å². The molecule has 0 unspecified atom stereocenters. The van der Waals surface area contributed by atoms with Gasteiger partial charge in [-0.2, -0.15) is 0 Å². The normalized spacial score (nSPS) is 25.4. The summed E-state index contributed by atoms with van der Waals surface area (Å²) in [5.74, 6) is 0.598. The van der Waals surface area contributed by atoms with E-state index in [0.717, 1.165) is 12.8 Å². The number of benzene rings is 1. The van der Waals surface area contributed by atoms with Crippen LogP contribution in [0.15, 0.2) is 43.0 Å². The lowest BCUT2D eigenvalue weighted by Gasteiger charge is -2.17. The number of nitrogens with zero attached hydrogens (tertiary/aromatic N) is 4. The van der Waals surface area contributed by atoms with Crippen molar-refractivity contribution in [1.82, 2.24) is 19.5 Å². The van der Waals surface area contributed by atoms with E-state index in [2.05, 4.69) is 39.3 Å². The summed E-state index contributed by atoms with van der Waals surface area (Å²) in [6.45, 7) is 1.70. The number of hydrogen-bond acceptors (Lipinski definition) is 8. The van der Waals surface area contributed by atoms with Gasteiger partial charge in [-0.1, -0.05) is 30.3 Å². The molecule has 0 saturated carbocycles. The molecule has 1 saturated heterocycles. The Morgan fingerprint density at radius 3 is 2.66 bits per heavy atom. The molecule has 1 aromatic carbocycles. The van der Waals surface area contributed by atoms with E-state index >= 15 is 0 Å². The van der Waals surface area contributed by atoms with Crippen molar-refractivity contribution in [3.8, 4) is 0 Å². The smallest absolute Gasteiger partial charge is 0.167 e. The highest BCUT2D eigenvalue weighted by Gasteiger charge is 2.44. The third kappa shape index (κ3) is 3.95. The molecular formula is C20H25N5O4. The second kappa shape index (κ2) is 8.42. The van der Waals surface area contributed by atoms with Gasteiger partial charge < -0.3 is 25.4 Å². The molecule has 4 rings (SSSR count). The van der Waals surface area contributed by atoms with Crippen LogP contribution in [-0.4, -0.2) is 65.8 Å². The number of anilines is 1. The number of hydrogen-bond donors (Lipinski definition) is 4. The molecule has 9 heteroatoms. The minimum Gasteiger partial charge on any atom is -0.394 e. The van der Waals surface area contributed by atoms with Crippen molar-refractivity contribution in [1.29, 1.82) is 0 Å². The van der Waals surface area contributed by atoms with Crippen LogP contribution < -0.4 is 5.32 Å². The Morgan fingerprint density at radius 2 is 1.93 bits per heavy atom. The van der Waals surface area contributed by atoms with Crippen LogP contribution in [0.3, 0.4) is 0 Å². The fraction of sp³-hybridized carbons (Fsp3) is 0.450. The number of rotatable bonds is 7. The highest BCUT2D eigenvalue weighted by Crippen LogP contribution is 2.32. The maximum atomic E-state index is 10.3. The number of aliphatic hydroxyl groups excluding tert-OH is 3. The molecule has 0 aliphatic carbocycles. The van der Waals surface area contributed by atoms with Crippen molar-refractivity contribution in [2.45, 2.75) is 50.3 Å². The molecule has 0 bridgehead atoms. The minimum absolute atomic E-state index is 0.160. The van der Waals surface area contributed by atoms with Gasteiger partial charge in [-0.25, -0.2) is 15.0 Å². The molecule has 0 radical (unpaired) electrons. The van der Waals surface area contributed by atoms with Gasteiger partial charge in [-0.15, -0.1) is 0 Å². The monoisotopic (exact) mass is 399 g/mol. The van der Waals surface area contributed by atoms with Gasteiger partial charge in [0.2, 0.25) is 0 Å². The summed E-state index contributed by atoms with van der Waals surface area (Å²) in [4.78, 5) is 13.0. The summed E-state index contributed by atoms with van der Waals surface area (Å²) in [6, 6.07) is 10.5. The number of ether oxygens (including phenoxy) is 1. The second-order valence-electron chi connectivity index (χ2n) is 7.34. The lowest BCUT2D eigenvalue weighted by atomic mass is 10.1. The maximum absolute atomic E-state index is 10.3. The van der Waals surface area contributed by atoms with E-state index in [1.165, 1.54) is 18.2 Å². The quantitative estimate of drug-likeness (QED) is 0.461. The molecule has 0 spiro atoms. The first-order valence-corrected chi connectivity index (χ1v) is 9.69. The lowest BCUT2D eigenvalue weighted by molar-refractivity contribution is -0.0511. The van der Waals surface area contributed by atoms with E-state index in [9.17, 15) is 15.3 Å². The average Bonchev–Trinajstić information content (AvgIpc) is 3.29. The van der Waals surface area contributed by atoms with Crippen LogP contribution in [-0.2, 0) is 11.2 Å². The molecule has 2 aromatic heterocycles. The van der Waals surface area contributed by atoms with E-state index in [-0.39, 0.29) is 12.6 Å². The van der Waals surface area contributed by atoms with Crippen molar-refractivity contribution >= 4 is 17.0 Å². The number of aromatic nitrogens is 4. The average molecular weight is 399 g/mol. The molecule has 1 aliphatic heterocycles. The summed E-state index contributed by atoms with van der Waals surface area (Å²) in [5.41, 5.74) is 2.31. The zero-order valence-corrected chi connectivity index (χ0v) is 16.1. The Hall–Kier alpha value is -2.59. The summed E-state index contributed by atoms with van der Waals surface area (Å²) < 4.78 is 7.14. The van der Waals surface area contributed by atoms with Gasteiger partial charge in [-0.05, 0) is 25.3 Å². The molecule has 3 heterocycles. The Morgan fingerprint density at radius 1 is 1.14 bits per heavy atom. The molecule has 0 amide bonds. The molecule has 5 atom stereocenters. The zero-order valence-electron chi connectivity index (χ0n) is 16.1. The first-order valence-electron chi connectivity index (χ1n) is 9.69. The van der Waals surface area contributed by atoms with Gasteiger partial charge in [0.1, 0.15) is 24.6 Å². The van der Waals surface area contributed by atoms with Crippen molar-refractivity contribution in [3.63, 3.8) is 0 Å². The number of aryl methyl sites for hydroxylation is 1. The number of imidazole rings is 1. The largest absolute Gasteiger partial charge is 0.394 e. The van der Waals surface area contributed by atoms with Crippen LogP contribution in [0.4, 0.5) is 5.82 Å². The molecule has 29 heavy (non-hydrogen) atoms.